The molecule has 2 amide bonds. The van der Waals surface area contributed by atoms with Crippen LogP contribution >= 0.6 is 0 Å². The van der Waals surface area contributed by atoms with Gasteiger partial charge in [-0.1, -0.05) is 0 Å². The molecule has 1 unspecified atom stereocenters. The summed E-state index contributed by atoms with van der Waals surface area (Å²) in [5.41, 5.74) is -5.10. The minimum Gasteiger partial charge on any atom is -0.484 e. The number of ether oxygens (including phenoxy) is 2. The summed E-state index contributed by atoms with van der Waals surface area (Å²) < 4.78 is 119. The Hall–Kier alpha value is -3.70. The van der Waals surface area contributed by atoms with Crippen LogP contribution in [0.5, 0.6) is 5.75 Å². The van der Waals surface area contributed by atoms with Gasteiger partial charge in [-0.2, -0.15) is 31.4 Å². The van der Waals surface area contributed by atoms with Crippen molar-refractivity contribution in [1.29, 1.82) is 0 Å². The average Bonchev–Trinajstić information content (AvgIpc) is 3.27. The smallest absolute Gasteiger partial charge is 0.436 e. The number of aryl methyl sites for hydroxylation is 1. The first-order valence-corrected chi connectivity index (χ1v) is 13.0. The van der Waals surface area contributed by atoms with E-state index in [-0.39, 0.29) is 30.2 Å². The fourth-order valence-electron chi connectivity index (χ4n) is 3.48. The van der Waals surface area contributed by atoms with Crippen molar-refractivity contribution in [2.45, 2.75) is 63.2 Å². The second kappa shape index (κ2) is 10.7. The zero-order valence-electron chi connectivity index (χ0n) is 21.5. The number of halogens is 6. The van der Waals surface area contributed by atoms with Crippen molar-refractivity contribution >= 4 is 33.4 Å². The van der Waals surface area contributed by atoms with Crippen LogP contribution in [0.4, 0.5) is 42.5 Å². The van der Waals surface area contributed by atoms with E-state index < -0.39 is 63.2 Å². The van der Waals surface area contributed by atoms with E-state index in [1.54, 1.807) is 0 Å². The number of carbonyl (C=O) groups excluding carboxylic acids is 2. The highest BCUT2D eigenvalue weighted by Crippen LogP contribution is 2.42. The summed E-state index contributed by atoms with van der Waals surface area (Å²) in [5.74, 6) is -0.636. The molecule has 0 spiro atoms. The summed E-state index contributed by atoms with van der Waals surface area (Å²) >= 11 is 0. The van der Waals surface area contributed by atoms with E-state index in [9.17, 15) is 44.3 Å². The van der Waals surface area contributed by atoms with Crippen LogP contribution in [0, 0.1) is 0 Å². The van der Waals surface area contributed by atoms with Crippen LogP contribution < -0.4 is 19.7 Å². The molecule has 1 aromatic carbocycles. The molecule has 2 heterocycles. The molecule has 0 fully saturated rings. The number of alkyl halides is 6. The van der Waals surface area contributed by atoms with Crippen molar-refractivity contribution in [3.63, 3.8) is 0 Å². The Kier molecular flexibility index (Phi) is 8.25. The van der Waals surface area contributed by atoms with Crippen LogP contribution in [0.3, 0.4) is 0 Å². The second-order valence-electron chi connectivity index (χ2n) is 9.11. The maximum Gasteiger partial charge on any atom is 0.436 e. The van der Waals surface area contributed by atoms with Gasteiger partial charge in [0.05, 0.1) is 18.8 Å². The zero-order valence-corrected chi connectivity index (χ0v) is 22.3. The van der Waals surface area contributed by atoms with Crippen LogP contribution in [0.2, 0.25) is 0 Å². The molecule has 2 aromatic rings. The van der Waals surface area contributed by atoms with Crippen LogP contribution in [-0.2, 0) is 32.3 Å². The summed E-state index contributed by atoms with van der Waals surface area (Å²) in [6, 6.07) is 3.30. The third kappa shape index (κ3) is 6.53. The van der Waals surface area contributed by atoms with Crippen molar-refractivity contribution < 1.29 is 53.8 Å². The highest BCUT2D eigenvalue weighted by Gasteiger charge is 2.51. The molecule has 0 saturated carbocycles. The standard InChI is InChI=1S/C22H25F6N5O6S/c1-5-32-11-17(18(31-32)21(23,24)25)40(36,37)33-10-14(9-29-12(2)34)38-16-7-6-13(8-15(16)33)30-19(35)39-20(3,4)22(26,27)28/h6-8,11,14H,5,9-10H2,1-4H3,(H,29,34)(H,30,35). The molecule has 40 heavy (non-hydrogen) atoms. The molecule has 1 atom stereocenters. The molecule has 0 saturated heterocycles. The maximum absolute atomic E-state index is 13.7. The third-order valence-corrected chi connectivity index (χ3v) is 7.42. The van der Waals surface area contributed by atoms with Crippen molar-refractivity contribution in [1.82, 2.24) is 15.1 Å². The Bertz CT molecular complexity index is 1390. The molecular weight excluding hydrogens is 576 g/mol. The first kappa shape index (κ1) is 30.8. The number of carbonyl (C=O) groups is 2. The van der Waals surface area contributed by atoms with Crippen molar-refractivity contribution in [2.75, 3.05) is 22.7 Å². The molecule has 0 bridgehead atoms. The van der Waals surface area contributed by atoms with Crippen molar-refractivity contribution in [2.24, 2.45) is 0 Å². The molecule has 3 rings (SSSR count). The first-order chi connectivity index (χ1) is 18.3. The number of sulfonamides is 1. The minimum absolute atomic E-state index is 0.0755. The first-order valence-electron chi connectivity index (χ1n) is 11.6. The normalized spacial score (nSPS) is 16.1. The highest BCUT2D eigenvalue weighted by atomic mass is 32.2. The maximum atomic E-state index is 13.7. The molecular formula is C22H25F6N5O6S. The number of benzene rings is 1. The van der Waals surface area contributed by atoms with Gasteiger partial charge in [-0.05, 0) is 39.0 Å². The highest BCUT2D eigenvalue weighted by molar-refractivity contribution is 7.92. The zero-order chi connectivity index (χ0) is 30.3. The molecule has 1 aromatic heterocycles. The molecule has 0 aliphatic carbocycles. The van der Waals surface area contributed by atoms with Crippen molar-refractivity contribution in [3.05, 3.63) is 30.1 Å². The van der Waals surface area contributed by atoms with Gasteiger partial charge >= 0.3 is 18.4 Å². The lowest BCUT2D eigenvalue weighted by molar-refractivity contribution is -0.242. The van der Waals surface area contributed by atoms with E-state index in [1.807, 2.05) is 5.32 Å². The van der Waals surface area contributed by atoms with Crippen LogP contribution in [0.25, 0.3) is 0 Å². The van der Waals surface area contributed by atoms with Gasteiger partial charge < -0.3 is 14.8 Å². The number of anilines is 2. The fourth-order valence-corrected chi connectivity index (χ4v) is 5.14. The van der Waals surface area contributed by atoms with Crippen LogP contribution in [0.1, 0.15) is 33.4 Å². The summed E-state index contributed by atoms with van der Waals surface area (Å²) in [7, 11) is -5.00. The average molecular weight is 602 g/mol. The van der Waals surface area contributed by atoms with Gasteiger partial charge in [-0.25, -0.2) is 13.2 Å². The molecule has 1 aliphatic heterocycles. The topological polar surface area (TPSA) is 132 Å². The predicted molar refractivity (Wildman–Crippen MR) is 127 cm³/mol. The number of hydrogen-bond acceptors (Lipinski definition) is 7. The van der Waals surface area contributed by atoms with Gasteiger partial charge in [0.2, 0.25) is 11.5 Å². The van der Waals surface area contributed by atoms with Crippen LogP contribution in [-0.4, -0.2) is 61.2 Å². The van der Waals surface area contributed by atoms with Gasteiger partial charge in [0.1, 0.15) is 16.7 Å². The molecule has 1 aliphatic rings. The lowest BCUT2D eigenvalue weighted by atomic mass is 10.1. The molecule has 18 heteroatoms. The largest absolute Gasteiger partial charge is 0.484 e. The van der Waals surface area contributed by atoms with Gasteiger partial charge in [0, 0.05) is 25.4 Å². The Labute approximate surface area is 224 Å². The number of nitrogens with zero attached hydrogens (tertiary/aromatic N) is 3. The summed E-state index contributed by atoms with van der Waals surface area (Å²) in [5, 5.41) is 7.81. The molecule has 0 radical (unpaired) electrons. The van der Waals surface area contributed by atoms with E-state index in [2.05, 4.69) is 15.2 Å². The monoisotopic (exact) mass is 601 g/mol. The molecule has 2 N–H and O–H groups in total. The number of amides is 2. The second-order valence-corrected chi connectivity index (χ2v) is 10.9. The number of rotatable bonds is 7. The van der Waals surface area contributed by atoms with Crippen LogP contribution in [0.15, 0.2) is 29.3 Å². The van der Waals surface area contributed by atoms with Crippen molar-refractivity contribution in [3.8, 4) is 5.75 Å². The lowest BCUT2D eigenvalue weighted by Crippen LogP contribution is -2.48. The van der Waals surface area contributed by atoms with Gasteiger partial charge in [0.25, 0.3) is 10.0 Å². The Balaban J connectivity index is 2.05. The van der Waals surface area contributed by atoms with Gasteiger partial charge in [-0.15, -0.1) is 0 Å². The predicted octanol–water partition coefficient (Wildman–Crippen LogP) is 3.90. The Morgan fingerprint density at radius 2 is 1.82 bits per heavy atom. The molecule has 11 nitrogen and oxygen atoms in total. The van der Waals surface area contributed by atoms with E-state index >= 15 is 0 Å². The Morgan fingerprint density at radius 3 is 2.38 bits per heavy atom. The number of fused-ring (bicyclic) bond motifs is 1. The fraction of sp³-hybridized carbons (Fsp3) is 0.500. The SMILES string of the molecule is CCn1cc(S(=O)(=O)N2CC(CNC(C)=O)Oc3ccc(NC(=O)OC(C)(C)C(F)(F)F)cc32)c(C(F)(F)F)n1. The number of nitrogens with one attached hydrogen (secondary N) is 2. The number of aromatic nitrogens is 2. The summed E-state index contributed by atoms with van der Waals surface area (Å²) in [6.45, 7) is 3.02. The lowest BCUT2D eigenvalue weighted by Gasteiger charge is -2.35. The number of hydrogen-bond donors (Lipinski definition) is 2. The quantitative estimate of drug-likeness (QED) is 0.460. The third-order valence-electron chi connectivity index (χ3n) is 5.63. The van der Waals surface area contributed by atoms with Gasteiger partial charge in [0.15, 0.2) is 5.69 Å². The summed E-state index contributed by atoms with van der Waals surface area (Å²) in [6.07, 6.45) is -11.9. The van der Waals surface area contributed by atoms with E-state index in [0.717, 1.165) is 29.1 Å². The Morgan fingerprint density at radius 1 is 1.18 bits per heavy atom. The molecule has 222 valence electrons. The van der Waals surface area contributed by atoms with E-state index in [1.165, 1.54) is 13.8 Å². The van der Waals surface area contributed by atoms with E-state index in [4.69, 9.17) is 4.74 Å². The van der Waals surface area contributed by atoms with E-state index in [0.29, 0.717) is 18.2 Å². The minimum atomic E-state index is -5.13. The summed E-state index contributed by atoms with van der Waals surface area (Å²) in [4.78, 5) is 22.4. The van der Waals surface area contributed by atoms with Gasteiger partial charge in [-0.3, -0.25) is 19.1 Å².